The van der Waals surface area contributed by atoms with Crippen LogP contribution in [0.5, 0.6) is 23.0 Å². The summed E-state index contributed by atoms with van der Waals surface area (Å²) in [6, 6.07) is 31.7. The summed E-state index contributed by atoms with van der Waals surface area (Å²) in [5.74, 6) is 7.52. The van der Waals surface area contributed by atoms with E-state index < -0.39 is 0 Å². The van der Waals surface area contributed by atoms with E-state index in [-0.39, 0.29) is 65.5 Å². The van der Waals surface area contributed by atoms with Gasteiger partial charge in [0, 0.05) is 34.0 Å². The van der Waals surface area contributed by atoms with Crippen molar-refractivity contribution in [2.75, 3.05) is 82.1 Å². The van der Waals surface area contributed by atoms with E-state index in [1.165, 1.54) is 55.2 Å². The van der Waals surface area contributed by atoms with Crippen LogP contribution in [0, 0.1) is 69.0 Å². The molecule has 0 aromatic heterocycles. The molecule has 6 aliphatic carbocycles. The number of aliphatic hydroxyl groups is 5. The van der Waals surface area contributed by atoms with Crippen LogP contribution >= 0.6 is 0 Å². The molecule has 0 radical (unpaired) electrons. The van der Waals surface area contributed by atoms with Crippen molar-refractivity contribution in [1.82, 2.24) is 5.32 Å². The highest BCUT2D eigenvalue weighted by Crippen LogP contribution is 2.65. The zero-order chi connectivity index (χ0) is 64.8. The zero-order valence-corrected chi connectivity index (χ0v) is 56.2. The molecule has 496 valence electrons. The highest BCUT2D eigenvalue weighted by Gasteiger charge is 2.58. The number of ether oxygens (including phenoxy) is 6. The number of nitrogens with two attached hydrogens (primary N) is 1. The fourth-order valence-electron chi connectivity index (χ4n) is 17.0. The smallest absolute Gasteiger partial charge is 0.118 e. The van der Waals surface area contributed by atoms with Crippen LogP contribution in [0.1, 0.15) is 140 Å². The van der Waals surface area contributed by atoms with Crippen LogP contribution in [0.2, 0.25) is 0 Å². The summed E-state index contributed by atoms with van der Waals surface area (Å²) in [7, 11) is 10.0. The highest BCUT2D eigenvalue weighted by atomic mass is 16.5. The predicted octanol–water partition coefficient (Wildman–Crippen LogP) is 13.0. The fourth-order valence-corrected chi connectivity index (χ4v) is 17.0. The third-order valence-electron chi connectivity index (χ3n) is 22.8. The van der Waals surface area contributed by atoms with E-state index in [1.807, 2.05) is 84.9 Å². The second-order valence-electron chi connectivity index (χ2n) is 27.5. The lowest BCUT2D eigenvalue weighted by atomic mass is 9.49. The average molecular weight is 1230 g/mol. The van der Waals surface area contributed by atoms with Gasteiger partial charge in [0.25, 0.3) is 0 Å². The van der Waals surface area contributed by atoms with Crippen molar-refractivity contribution in [3.8, 4) is 23.0 Å². The van der Waals surface area contributed by atoms with Crippen molar-refractivity contribution < 1.29 is 54.0 Å². The number of rotatable bonds is 20. The molecular formula is C76H116N2O11. The van der Waals surface area contributed by atoms with Gasteiger partial charge in [0.05, 0.1) is 53.9 Å². The van der Waals surface area contributed by atoms with Gasteiger partial charge < -0.3 is 65.0 Å². The van der Waals surface area contributed by atoms with Crippen molar-refractivity contribution in [1.29, 1.82) is 0 Å². The molecule has 8 N–H and O–H groups in total. The van der Waals surface area contributed by atoms with E-state index in [4.69, 9.17) is 39.3 Å². The maximum atomic E-state index is 10.3. The minimum absolute atomic E-state index is 0.0988. The molecule has 6 aliphatic rings. The van der Waals surface area contributed by atoms with Gasteiger partial charge in [-0.3, -0.25) is 0 Å². The molecule has 0 heterocycles. The van der Waals surface area contributed by atoms with Crippen LogP contribution in [0.4, 0.5) is 0 Å². The normalized spacial score (nSPS) is 31.1. The van der Waals surface area contributed by atoms with E-state index >= 15 is 0 Å². The quantitative estimate of drug-likeness (QED) is 0.0327. The van der Waals surface area contributed by atoms with Gasteiger partial charge in [-0.2, -0.15) is 0 Å². The van der Waals surface area contributed by atoms with Crippen LogP contribution in [0.3, 0.4) is 0 Å². The van der Waals surface area contributed by atoms with Crippen molar-refractivity contribution in [2.24, 2.45) is 74.7 Å². The van der Waals surface area contributed by atoms with Gasteiger partial charge in [-0.15, -0.1) is 0 Å². The van der Waals surface area contributed by atoms with Crippen LogP contribution in [-0.4, -0.2) is 120 Å². The first kappa shape index (κ1) is 73.3. The van der Waals surface area contributed by atoms with Gasteiger partial charge in [-0.05, 0) is 262 Å². The number of allylic oxidation sites excluding steroid dienone is 2. The minimum atomic E-state index is -0.253. The molecular weight excluding hydrogens is 1120 g/mol. The second-order valence-corrected chi connectivity index (χ2v) is 27.5. The van der Waals surface area contributed by atoms with Crippen molar-refractivity contribution in [3.63, 3.8) is 0 Å². The molecule has 13 nitrogen and oxygen atoms in total. The first-order valence-corrected chi connectivity index (χ1v) is 33.2. The monoisotopic (exact) mass is 1230 g/mol. The molecule has 0 aliphatic heterocycles. The van der Waals surface area contributed by atoms with Crippen molar-refractivity contribution in [3.05, 3.63) is 144 Å². The van der Waals surface area contributed by atoms with Crippen LogP contribution < -0.4 is 30.0 Å². The van der Waals surface area contributed by atoms with Crippen molar-refractivity contribution >= 4 is 0 Å². The molecule has 89 heavy (non-hydrogen) atoms. The summed E-state index contributed by atoms with van der Waals surface area (Å²) in [6.45, 7) is 23.1. The number of fused-ring (bicyclic) bond motifs is 2. The summed E-state index contributed by atoms with van der Waals surface area (Å²) in [5.41, 5.74) is 14.7. The zero-order valence-electron chi connectivity index (χ0n) is 56.2. The number of hydrogen-bond donors (Lipinski definition) is 7. The topological polar surface area (TPSA) is 195 Å². The molecule has 0 amide bonds. The molecule has 13 heteroatoms. The lowest BCUT2D eigenvalue weighted by Gasteiger charge is -2.56. The molecule has 0 bridgehead atoms. The molecule has 0 saturated heterocycles. The molecule has 0 spiro atoms. The van der Waals surface area contributed by atoms with Gasteiger partial charge in [-0.1, -0.05) is 101 Å². The van der Waals surface area contributed by atoms with E-state index in [0.717, 1.165) is 117 Å². The molecule has 10 rings (SSSR count). The van der Waals surface area contributed by atoms with E-state index in [1.54, 1.807) is 42.7 Å². The van der Waals surface area contributed by atoms with Gasteiger partial charge in [0.1, 0.15) is 23.0 Å². The summed E-state index contributed by atoms with van der Waals surface area (Å²) in [6.07, 6.45) is 16.1. The van der Waals surface area contributed by atoms with Crippen LogP contribution in [0.25, 0.3) is 0 Å². The fraction of sp³-hybridized carbons (Fsp3) is 0.632. The standard InChI is InChI=1S/C29H45NO3.C20H35NO2.3C9H12O2/c1-20-5-10-26-25(18-30-16-13-21-6-8-24(33-4)9-7-21)27(12-15-28(20,26)2)29(3)14-11-23(32)17-22(29)19-31;1-13-4-5-17-16(11-21)18(7-9-19(13,17)2)20(3)8-6-15(23)10-14(20)12-22;2*1-10-7-8-3-5-9(11-2)6-4-8;1-11-9-4-2-8(3-5-9)6-7-10/h6-9,22-23,25-27,30-32H,1,5,10-19H2,2-4H3;14-18,22-23H,1,4-12,21H2,2-3H3;2*3-6H,7H2,1-2H3;2-5,10H,6-7H2,1H3/t22-,23+,25+,26+,27+,28-,29+;14-,15+,16+,17+,18+,19-,20+;;;/m11.../s1. The molecule has 0 unspecified atom stereocenters. The average Bonchev–Trinajstić information content (AvgIpc) is 1.86. The third-order valence-corrected chi connectivity index (χ3v) is 22.8. The van der Waals surface area contributed by atoms with Gasteiger partial charge in [0.15, 0.2) is 0 Å². The summed E-state index contributed by atoms with van der Waals surface area (Å²) < 4.78 is 30.2. The summed E-state index contributed by atoms with van der Waals surface area (Å²) in [5, 5.41) is 53.0. The Morgan fingerprint density at radius 2 is 0.831 bits per heavy atom. The first-order valence-electron chi connectivity index (χ1n) is 33.2. The molecule has 6 saturated carbocycles. The largest absolute Gasteiger partial charge is 0.497 e. The Hall–Kier alpha value is -4.80. The Labute approximate surface area is 536 Å². The number of hydrogen-bond acceptors (Lipinski definition) is 13. The molecule has 4 aromatic rings. The Kier molecular flexibility index (Phi) is 29.1. The third kappa shape index (κ3) is 18.7. The van der Waals surface area contributed by atoms with Crippen LogP contribution in [0.15, 0.2) is 121 Å². The van der Waals surface area contributed by atoms with E-state index in [2.05, 4.69) is 58.3 Å². The lowest BCUT2D eigenvalue weighted by molar-refractivity contribution is -0.0932. The van der Waals surface area contributed by atoms with Gasteiger partial charge in [-0.25, -0.2) is 0 Å². The minimum Gasteiger partial charge on any atom is -0.497 e. The first-order chi connectivity index (χ1) is 42.8. The molecule has 14 atom stereocenters. The van der Waals surface area contributed by atoms with E-state index in [0.29, 0.717) is 55.1 Å². The van der Waals surface area contributed by atoms with E-state index in [9.17, 15) is 20.4 Å². The highest BCUT2D eigenvalue weighted by molar-refractivity contribution is 5.30. The summed E-state index contributed by atoms with van der Waals surface area (Å²) >= 11 is 0. The Morgan fingerprint density at radius 1 is 0.472 bits per heavy atom. The van der Waals surface area contributed by atoms with Crippen LogP contribution in [-0.2, 0) is 35.5 Å². The molecule has 4 aromatic carbocycles. The lowest BCUT2D eigenvalue weighted by Crippen LogP contribution is -2.53. The Morgan fingerprint density at radius 3 is 1.18 bits per heavy atom. The predicted molar refractivity (Wildman–Crippen MR) is 359 cm³/mol. The second kappa shape index (κ2) is 35.3. The Balaban J connectivity index is 0.000000194. The number of nitrogens with one attached hydrogen (secondary N) is 1. The summed E-state index contributed by atoms with van der Waals surface area (Å²) in [4.78, 5) is 0. The molecule has 6 fully saturated rings. The van der Waals surface area contributed by atoms with Gasteiger partial charge in [0.2, 0.25) is 0 Å². The number of benzene rings is 4. The van der Waals surface area contributed by atoms with Gasteiger partial charge >= 0.3 is 0 Å². The number of aliphatic hydroxyl groups excluding tert-OH is 5. The number of methoxy groups -OCH3 is 6. The Bertz CT molecular complexity index is 2570. The van der Waals surface area contributed by atoms with Crippen molar-refractivity contribution in [2.45, 2.75) is 156 Å². The SMILES string of the molecule is C=C1CC[C@H]2[C@H](CN)[C@@H]([C@@]3(C)CC[C@H](O)C[C@@H]3CO)CC[C@]12C.C=C1CC[C@H]2[C@H](CNCCc3ccc(OC)cc3)[C@@H]([C@@]3(C)CC[C@H](O)C[C@@H]3CO)CC[C@]12C.COCc1ccc(OC)cc1.COCc1ccc(OC)cc1.COc1ccc(CCO)cc1. The maximum absolute atomic E-state index is 10.3. The maximum Gasteiger partial charge on any atom is 0.118 e.